The summed E-state index contributed by atoms with van der Waals surface area (Å²) in [7, 11) is 4.00. The quantitative estimate of drug-likeness (QED) is 0.814. The van der Waals surface area contributed by atoms with Crippen molar-refractivity contribution in [3.63, 3.8) is 0 Å². The summed E-state index contributed by atoms with van der Waals surface area (Å²) < 4.78 is 0. The van der Waals surface area contributed by atoms with Gasteiger partial charge in [0, 0.05) is 18.8 Å². The monoisotopic (exact) mass is 264 g/mol. The first-order valence-corrected chi connectivity index (χ1v) is 6.56. The molecule has 1 unspecified atom stereocenters. The van der Waals surface area contributed by atoms with E-state index in [2.05, 4.69) is 29.0 Å². The van der Waals surface area contributed by atoms with Crippen LogP contribution < -0.4 is 11.1 Å². The Labute approximate surface area is 115 Å². The minimum atomic E-state index is -0.155. The number of likely N-dealkylation sites (N-methyl/N-ethyl adjacent to an activating group) is 1. The zero-order chi connectivity index (χ0) is 14.4. The molecule has 1 aromatic heterocycles. The molecule has 0 spiro atoms. The molecule has 0 bridgehead atoms. The van der Waals surface area contributed by atoms with Gasteiger partial charge in [-0.3, -0.25) is 4.79 Å². The topological polar surface area (TPSA) is 71.2 Å². The number of nitrogens with one attached hydrogen (secondary N) is 1. The lowest BCUT2D eigenvalue weighted by Crippen LogP contribution is -2.42. The Morgan fingerprint density at radius 1 is 1.47 bits per heavy atom. The van der Waals surface area contributed by atoms with E-state index in [0.717, 1.165) is 13.0 Å². The van der Waals surface area contributed by atoms with E-state index in [4.69, 9.17) is 5.73 Å². The molecule has 106 valence electrons. The molecule has 0 radical (unpaired) electrons. The van der Waals surface area contributed by atoms with Crippen molar-refractivity contribution < 1.29 is 4.79 Å². The van der Waals surface area contributed by atoms with Crippen molar-refractivity contribution in [2.75, 3.05) is 26.4 Å². The Kier molecular flexibility index (Phi) is 5.76. The molecule has 0 aromatic carbocycles. The van der Waals surface area contributed by atoms with E-state index in [-0.39, 0.29) is 17.8 Å². The van der Waals surface area contributed by atoms with Crippen LogP contribution in [0, 0.1) is 5.92 Å². The van der Waals surface area contributed by atoms with Gasteiger partial charge in [-0.2, -0.15) is 0 Å². The Morgan fingerprint density at radius 3 is 2.68 bits per heavy atom. The number of nitrogens with zero attached hydrogens (tertiary/aromatic N) is 2. The van der Waals surface area contributed by atoms with Gasteiger partial charge in [0.05, 0.1) is 5.56 Å². The number of rotatable bonds is 6. The highest BCUT2D eigenvalue weighted by atomic mass is 16.1. The van der Waals surface area contributed by atoms with Crippen molar-refractivity contribution >= 4 is 11.7 Å². The second kappa shape index (κ2) is 7.09. The van der Waals surface area contributed by atoms with Gasteiger partial charge in [0.15, 0.2) is 0 Å². The summed E-state index contributed by atoms with van der Waals surface area (Å²) in [5.41, 5.74) is 6.16. The number of nitrogen functional groups attached to an aromatic ring is 1. The lowest BCUT2D eigenvalue weighted by molar-refractivity contribution is 0.0925. The van der Waals surface area contributed by atoms with Crippen molar-refractivity contribution in [3.05, 3.63) is 23.9 Å². The van der Waals surface area contributed by atoms with Gasteiger partial charge in [-0.05, 0) is 38.6 Å². The average Bonchev–Trinajstić information content (AvgIpc) is 2.27. The van der Waals surface area contributed by atoms with Crippen molar-refractivity contribution in [2.24, 2.45) is 5.92 Å². The molecule has 1 atom stereocenters. The Morgan fingerprint density at radius 2 is 2.16 bits per heavy atom. The van der Waals surface area contributed by atoms with E-state index < -0.39 is 0 Å². The van der Waals surface area contributed by atoms with Crippen LogP contribution in [-0.2, 0) is 0 Å². The molecule has 19 heavy (non-hydrogen) atoms. The average molecular weight is 264 g/mol. The lowest BCUT2D eigenvalue weighted by atomic mass is 10.0. The number of carbonyl (C=O) groups excluding carboxylic acids is 1. The SMILES string of the molecule is CC(C)CC(CN(C)C)NC(=O)c1cccnc1N. The molecule has 1 heterocycles. The van der Waals surface area contributed by atoms with Gasteiger partial charge in [-0.25, -0.2) is 4.98 Å². The normalized spacial score (nSPS) is 12.7. The molecule has 3 N–H and O–H groups in total. The Balaban J connectivity index is 2.73. The maximum atomic E-state index is 12.2. The number of hydrogen-bond donors (Lipinski definition) is 2. The van der Waals surface area contributed by atoms with Gasteiger partial charge in [0.25, 0.3) is 5.91 Å². The van der Waals surface area contributed by atoms with Gasteiger partial charge in [0.1, 0.15) is 5.82 Å². The molecule has 0 aliphatic heterocycles. The van der Waals surface area contributed by atoms with Crippen molar-refractivity contribution in [1.29, 1.82) is 0 Å². The summed E-state index contributed by atoms with van der Waals surface area (Å²) in [5.74, 6) is 0.641. The molecular weight excluding hydrogens is 240 g/mol. The predicted octanol–water partition coefficient (Wildman–Crippen LogP) is 1.37. The number of hydrogen-bond acceptors (Lipinski definition) is 4. The van der Waals surface area contributed by atoms with Gasteiger partial charge in [0.2, 0.25) is 0 Å². The minimum Gasteiger partial charge on any atom is -0.383 e. The second-order valence-electron chi connectivity index (χ2n) is 5.50. The summed E-state index contributed by atoms with van der Waals surface area (Å²) in [6, 6.07) is 3.52. The Hall–Kier alpha value is -1.62. The molecule has 0 saturated heterocycles. The number of amides is 1. The molecule has 0 saturated carbocycles. The molecular formula is C14H24N4O. The molecule has 0 fully saturated rings. The first-order valence-electron chi connectivity index (χ1n) is 6.56. The summed E-state index contributed by atoms with van der Waals surface area (Å²) in [6.45, 7) is 5.10. The standard InChI is InChI=1S/C14H24N4O/c1-10(2)8-11(9-18(3)4)17-14(19)12-6-5-7-16-13(12)15/h5-7,10-11H,8-9H2,1-4H3,(H2,15,16)(H,17,19). The molecule has 0 aliphatic rings. The number of anilines is 1. The van der Waals surface area contributed by atoms with Crippen LogP contribution in [-0.4, -0.2) is 42.5 Å². The Bertz CT molecular complexity index is 408. The maximum absolute atomic E-state index is 12.2. The third kappa shape index (κ3) is 5.26. The molecule has 0 aliphatic carbocycles. The summed E-state index contributed by atoms with van der Waals surface area (Å²) in [5, 5.41) is 3.04. The van der Waals surface area contributed by atoms with Crippen molar-refractivity contribution in [3.8, 4) is 0 Å². The van der Waals surface area contributed by atoms with Crippen LogP contribution in [0.4, 0.5) is 5.82 Å². The van der Waals surface area contributed by atoms with Crippen LogP contribution in [0.15, 0.2) is 18.3 Å². The zero-order valence-corrected chi connectivity index (χ0v) is 12.2. The first-order chi connectivity index (χ1) is 8.90. The van der Waals surface area contributed by atoms with Crippen LogP contribution in [0.25, 0.3) is 0 Å². The fourth-order valence-electron chi connectivity index (χ4n) is 2.06. The molecule has 1 rings (SSSR count). The van der Waals surface area contributed by atoms with Gasteiger partial charge in [-0.1, -0.05) is 13.8 Å². The second-order valence-corrected chi connectivity index (χ2v) is 5.50. The van der Waals surface area contributed by atoms with Crippen LogP contribution >= 0.6 is 0 Å². The fraction of sp³-hybridized carbons (Fsp3) is 0.571. The van der Waals surface area contributed by atoms with Gasteiger partial charge >= 0.3 is 0 Å². The molecule has 1 aromatic rings. The zero-order valence-electron chi connectivity index (χ0n) is 12.2. The van der Waals surface area contributed by atoms with E-state index in [1.807, 2.05) is 14.1 Å². The molecule has 5 nitrogen and oxygen atoms in total. The predicted molar refractivity (Wildman–Crippen MR) is 77.9 cm³/mol. The third-order valence-corrected chi connectivity index (χ3v) is 2.76. The van der Waals surface area contributed by atoms with Gasteiger partial charge in [-0.15, -0.1) is 0 Å². The van der Waals surface area contributed by atoms with Crippen LogP contribution in [0.2, 0.25) is 0 Å². The number of pyridine rings is 1. The summed E-state index contributed by atoms with van der Waals surface area (Å²) in [4.78, 5) is 18.2. The first kappa shape index (κ1) is 15.4. The maximum Gasteiger partial charge on any atom is 0.255 e. The van der Waals surface area contributed by atoms with E-state index in [9.17, 15) is 4.79 Å². The van der Waals surface area contributed by atoms with E-state index in [1.165, 1.54) is 0 Å². The smallest absolute Gasteiger partial charge is 0.255 e. The number of carbonyl (C=O) groups is 1. The van der Waals surface area contributed by atoms with Crippen molar-refractivity contribution in [2.45, 2.75) is 26.3 Å². The molecule has 5 heteroatoms. The van der Waals surface area contributed by atoms with Crippen LogP contribution in [0.3, 0.4) is 0 Å². The highest BCUT2D eigenvalue weighted by molar-refractivity contribution is 5.98. The van der Waals surface area contributed by atoms with Crippen LogP contribution in [0.1, 0.15) is 30.6 Å². The van der Waals surface area contributed by atoms with Gasteiger partial charge < -0.3 is 16.0 Å². The fourth-order valence-corrected chi connectivity index (χ4v) is 2.06. The largest absolute Gasteiger partial charge is 0.383 e. The highest BCUT2D eigenvalue weighted by Crippen LogP contribution is 2.10. The summed E-state index contributed by atoms with van der Waals surface area (Å²) >= 11 is 0. The van der Waals surface area contributed by atoms with Crippen molar-refractivity contribution in [1.82, 2.24) is 15.2 Å². The van der Waals surface area contributed by atoms with E-state index in [0.29, 0.717) is 11.5 Å². The highest BCUT2D eigenvalue weighted by Gasteiger charge is 2.17. The minimum absolute atomic E-state index is 0.113. The third-order valence-electron chi connectivity index (χ3n) is 2.76. The van der Waals surface area contributed by atoms with E-state index >= 15 is 0 Å². The van der Waals surface area contributed by atoms with Crippen LogP contribution in [0.5, 0.6) is 0 Å². The number of nitrogens with two attached hydrogens (primary N) is 1. The lowest BCUT2D eigenvalue weighted by Gasteiger charge is -2.24. The number of aromatic nitrogens is 1. The summed E-state index contributed by atoms with van der Waals surface area (Å²) in [6.07, 6.45) is 2.52. The van der Waals surface area contributed by atoms with E-state index in [1.54, 1.807) is 18.3 Å². The molecule has 1 amide bonds.